The zero-order valence-electron chi connectivity index (χ0n) is 10.4. The van der Waals surface area contributed by atoms with E-state index >= 15 is 0 Å². The van der Waals surface area contributed by atoms with Crippen molar-refractivity contribution >= 4 is 6.09 Å². The lowest BCUT2D eigenvalue weighted by Crippen LogP contribution is -2.31. The van der Waals surface area contributed by atoms with Crippen molar-refractivity contribution in [3.05, 3.63) is 0 Å². The van der Waals surface area contributed by atoms with E-state index in [1.54, 1.807) is 0 Å². The first kappa shape index (κ1) is 14.2. The number of nitrogens with zero attached hydrogens (tertiary/aromatic N) is 1. The van der Waals surface area contributed by atoms with Gasteiger partial charge in [0.15, 0.2) is 0 Å². The van der Waals surface area contributed by atoms with Gasteiger partial charge in [-0.2, -0.15) is 0 Å². The molecule has 0 aliphatic rings. The monoisotopic (exact) mass is 216 g/mol. The molecular formula is C11H24N2O2. The quantitative estimate of drug-likeness (QED) is 0.704. The van der Waals surface area contributed by atoms with Crippen LogP contribution in [0.4, 0.5) is 4.79 Å². The van der Waals surface area contributed by atoms with Crippen molar-refractivity contribution in [2.75, 3.05) is 33.3 Å². The molecule has 0 radical (unpaired) electrons. The predicted molar refractivity (Wildman–Crippen MR) is 62.0 cm³/mol. The normalized spacial score (nSPS) is 10.8. The van der Waals surface area contributed by atoms with Gasteiger partial charge in [0.25, 0.3) is 0 Å². The van der Waals surface area contributed by atoms with E-state index in [2.05, 4.69) is 24.1 Å². The molecule has 0 atom stereocenters. The number of alkyl carbamates (subject to hydrolysis) is 1. The maximum Gasteiger partial charge on any atom is 0.407 e. The average molecular weight is 216 g/mol. The Morgan fingerprint density at radius 2 is 2.13 bits per heavy atom. The summed E-state index contributed by atoms with van der Waals surface area (Å²) in [5.74, 6) is 0.643. The standard InChI is InChI=1S/C11H24N2O2/c1-5-6-12-11(14)15-8-7-13(4)9-10(2)3/h10H,5-9H2,1-4H3,(H,12,14). The van der Waals surface area contributed by atoms with Gasteiger partial charge in [-0.15, -0.1) is 0 Å². The molecule has 4 nitrogen and oxygen atoms in total. The van der Waals surface area contributed by atoms with E-state index in [-0.39, 0.29) is 6.09 Å². The van der Waals surface area contributed by atoms with Gasteiger partial charge in [0, 0.05) is 19.6 Å². The molecule has 0 rings (SSSR count). The van der Waals surface area contributed by atoms with Crippen LogP contribution < -0.4 is 5.32 Å². The number of ether oxygens (including phenoxy) is 1. The molecule has 0 heterocycles. The van der Waals surface area contributed by atoms with Gasteiger partial charge in [0.2, 0.25) is 0 Å². The van der Waals surface area contributed by atoms with E-state index in [0.717, 1.165) is 19.5 Å². The van der Waals surface area contributed by atoms with Crippen LogP contribution in [-0.4, -0.2) is 44.3 Å². The molecule has 15 heavy (non-hydrogen) atoms. The second kappa shape index (κ2) is 8.53. The minimum Gasteiger partial charge on any atom is -0.448 e. The summed E-state index contributed by atoms with van der Waals surface area (Å²) in [5.41, 5.74) is 0. The Labute approximate surface area is 93.0 Å². The van der Waals surface area contributed by atoms with E-state index in [1.165, 1.54) is 0 Å². The van der Waals surface area contributed by atoms with Crippen molar-refractivity contribution in [1.29, 1.82) is 0 Å². The van der Waals surface area contributed by atoms with E-state index in [9.17, 15) is 4.79 Å². The molecule has 0 aromatic carbocycles. The van der Waals surface area contributed by atoms with Crippen molar-refractivity contribution in [3.8, 4) is 0 Å². The average Bonchev–Trinajstić information content (AvgIpc) is 2.13. The largest absolute Gasteiger partial charge is 0.448 e. The molecule has 0 unspecified atom stereocenters. The molecule has 0 bridgehead atoms. The molecular weight excluding hydrogens is 192 g/mol. The summed E-state index contributed by atoms with van der Waals surface area (Å²) in [4.78, 5) is 13.2. The summed E-state index contributed by atoms with van der Waals surface area (Å²) in [5, 5.41) is 2.67. The first-order chi connectivity index (χ1) is 7.06. The third-order valence-electron chi connectivity index (χ3n) is 1.90. The number of amides is 1. The van der Waals surface area contributed by atoms with E-state index in [4.69, 9.17) is 4.74 Å². The fourth-order valence-electron chi connectivity index (χ4n) is 1.29. The first-order valence-electron chi connectivity index (χ1n) is 5.65. The maximum absolute atomic E-state index is 11.1. The number of hydrogen-bond donors (Lipinski definition) is 1. The van der Waals surface area contributed by atoms with Crippen LogP contribution in [0.2, 0.25) is 0 Å². The molecule has 0 aromatic heterocycles. The number of likely N-dealkylation sites (N-methyl/N-ethyl adjacent to an activating group) is 1. The number of nitrogens with one attached hydrogen (secondary N) is 1. The number of rotatable bonds is 7. The lowest BCUT2D eigenvalue weighted by molar-refractivity contribution is 0.130. The Morgan fingerprint density at radius 1 is 1.47 bits per heavy atom. The summed E-state index contributed by atoms with van der Waals surface area (Å²) in [6, 6.07) is 0. The lowest BCUT2D eigenvalue weighted by atomic mass is 10.2. The molecule has 0 spiro atoms. The molecule has 1 amide bonds. The van der Waals surface area contributed by atoms with E-state index in [0.29, 0.717) is 19.1 Å². The molecule has 0 fully saturated rings. The highest BCUT2D eigenvalue weighted by atomic mass is 16.5. The number of hydrogen-bond acceptors (Lipinski definition) is 3. The maximum atomic E-state index is 11.1. The minimum absolute atomic E-state index is 0.310. The Balaban J connectivity index is 3.40. The topological polar surface area (TPSA) is 41.6 Å². The highest BCUT2D eigenvalue weighted by Crippen LogP contribution is 1.95. The van der Waals surface area contributed by atoms with Crippen LogP contribution in [0.3, 0.4) is 0 Å². The van der Waals surface area contributed by atoms with E-state index in [1.807, 2.05) is 14.0 Å². The second-order valence-electron chi connectivity index (χ2n) is 4.22. The van der Waals surface area contributed by atoms with Crippen LogP contribution in [-0.2, 0) is 4.74 Å². The molecule has 90 valence electrons. The Kier molecular flexibility index (Phi) is 8.09. The van der Waals surface area contributed by atoms with Gasteiger partial charge < -0.3 is 15.0 Å². The van der Waals surface area contributed by atoms with Crippen molar-refractivity contribution in [1.82, 2.24) is 10.2 Å². The highest BCUT2D eigenvalue weighted by Gasteiger charge is 2.03. The first-order valence-corrected chi connectivity index (χ1v) is 5.65. The van der Waals surface area contributed by atoms with Crippen molar-refractivity contribution < 1.29 is 9.53 Å². The summed E-state index contributed by atoms with van der Waals surface area (Å²) in [6.45, 7) is 9.31. The number of carbonyl (C=O) groups is 1. The van der Waals surface area contributed by atoms with Crippen molar-refractivity contribution in [3.63, 3.8) is 0 Å². The van der Waals surface area contributed by atoms with Gasteiger partial charge in [0.1, 0.15) is 6.61 Å². The van der Waals surface area contributed by atoms with E-state index < -0.39 is 0 Å². The number of carbonyl (C=O) groups excluding carboxylic acids is 1. The van der Waals surface area contributed by atoms with Crippen LogP contribution in [0.15, 0.2) is 0 Å². The van der Waals surface area contributed by atoms with Crippen LogP contribution in [0.5, 0.6) is 0 Å². The van der Waals surface area contributed by atoms with Crippen molar-refractivity contribution in [2.45, 2.75) is 27.2 Å². The lowest BCUT2D eigenvalue weighted by Gasteiger charge is -2.18. The molecule has 0 aliphatic carbocycles. The zero-order chi connectivity index (χ0) is 11.7. The van der Waals surface area contributed by atoms with Gasteiger partial charge in [-0.1, -0.05) is 20.8 Å². The fraction of sp³-hybridized carbons (Fsp3) is 0.909. The Morgan fingerprint density at radius 3 is 2.67 bits per heavy atom. The highest BCUT2D eigenvalue weighted by molar-refractivity contribution is 5.66. The summed E-state index contributed by atoms with van der Waals surface area (Å²) in [7, 11) is 2.04. The summed E-state index contributed by atoms with van der Waals surface area (Å²) >= 11 is 0. The third kappa shape index (κ3) is 9.53. The van der Waals surface area contributed by atoms with Gasteiger partial charge in [-0.25, -0.2) is 4.79 Å². The predicted octanol–water partition coefficient (Wildman–Crippen LogP) is 1.71. The van der Waals surface area contributed by atoms with Crippen LogP contribution in [0.1, 0.15) is 27.2 Å². The molecule has 0 saturated heterocycles. The Hall–Kier alpha value is -0.770. The smallest absolute Gasteiger partial charge is 0.407 e. The van der Waals surface area contributed by atoms with Crippen LogP contribution >= 0.6 is 0 Å². The van der Waals surface area contributed by atoms with Crippen LogP contribution in [0, 0.1) is 5.92 Å². The van der Waals surface area contributed by atoms with Gasteiger partial charge in [-0.05, 0) is 19.4 Å². The van der Waals surface area contributed by atoms with Crippen molar-refractivity contribution in [2.24, 2.45) is 5.92 Å². The SMILES string of the molecule is CCCNC(=O)OCCN(C)CC(C)C. The molecule has 0 aromatic rings. The molecule has 0 saturated carbocycles. The molecule has 1 N–H and O–H groups in total. The van der Waals surface area contributed by atoms with Crippen LogP contribution in [0.25, 0.3) is 0 Å². The summed E-state index contributed by atoms with van der Waals surface area (Å²) < 4.78 is 5.00. The van der Waals surface area contributed by atoms with Gasteiger partial charge >= 0.3 is 6.09 Å². The molecule has 0 aliphatic heterocycles. The third-order valence-corrected chi connectivity index (χ3v) is 1.90. The summed E-state index contributed by atoms with van der Waals surface area (Å²) in [6.07, 6.45) is 0.623. The molecule has 4 heteroatoms. The fourth-order valence-corrected chi connectivity index (χ4v) is 1.29. The van der Waals surface area contributed by atoms with Gasteiger partial charge in [-0.3, -0.25) is 0 Å². The Bertz CT molecular complexity index is 172. The minimum atomic E-state index is -0.310. The zero-order valence-corrected chi connectivity index (χ0v) is 10.4. The van der Waals surface area contributed by atoms with Gasteiger partial charge in [0.05, 0.1) is 0 Å². The second-order valence-corrected chi connectivity index (χ2v) is 4.22.